The fraction of sp³-hybridized carbons (Fsp3) is 0.667. The zero-order valence-electron chi connectivity index (χ0n) is 12.8. The molecule has 110 valence electrons. The van der Waals surface area contributed by atoms with Crippen molar-refractivity contribution >= 4 is 5.91 Å². The van der Waals surface area contributed by atoms with Crippen molar-refractivity contribution in [2.75, 3.05) is 13.2 Å². The topological polar surface area (TPSA) is 55.3 Å². The van der Waals surface area contributed by atoms with Crippen LogP contribution in [0.25, 0.3) is 0 Å². The molecule has 1 aliphatic rings. The first kappa shape index (κ1) is 14.9. The van der Waals surface area contributed by atoms with E-state index < -0.39 is 0 Å². The Kier molecular flexibility index (Phi) is 4.38. The van der Waals surface area contributed by atoms with E-state index in [1.54, 1.807) is 4.90 Å². The van der Waals surface area contributed by atoms with E-state index in [4.69, 9.17) is 4.74 Å². The molecular formula is C15H23N3O2. The molecule has 20 heavy (non-hydrogen) atoms. The summed E-state index contributed by atoms with van der Waals surface area (Å²) in [6.45, 7) is 10.2. The average molecular weight is 277 g/mol. The molecule has 1 aromatic heterocycles. The molecule has 0 bridgehead atoms. The minimum absolute atomic E-state index is 0.0220. The van der Waals surface area contributed by atoms with E-state index in [1.807, 2.05) is 13.1 Å². The van der Waals surface area contributed by atoms with E-state index in [9.17, 15) is 4.79 Å². The van der Waals surface area contributed by atoms with Gasteiger partial charge >= 0.3 is 0 Å². The Labute approximate surface area is 120 Å². The minimum Gasteiger partial charge on any atom is -0.372 e. The van der Waals surface area contributed by atoms with E-state index in [0.717, 1.165) is 23.5 Å². The van der Waals surface area contributed by atoms with Gasteiger partial charge in [-0.2, -0.15) is 0 Å². The van der Waals surface area contributed by atoms with Gasteiger partial charge in [0.15, 0.2) is 0 Å². The van der Waals surface area contributed by atoms with Gasteiger partial charge in [0.2, 0.25) is 5.91 Å². The van der Waals surface area contributed by atoms with Gasteiger partial charge in [-0.05, 0) is 6.42 Å². The Hall–Kier alpha value is -1.49. The molecule has 0 fully saturated rings. The molecule has 0 atom stereocenters. The first-order chi connectivity index (χ1) is 9.41. The van der Waals surface area contributed by atoms with Crippen molar-refractivity contribution in [3.05, 3.63) is 23.3 Å². The standard InChI is InChI=1S/C15H23N3O2/c1-5-6-20-10-13(19)18-8-11-7-16-14(15(2,3)4)17-12(11)9-18/h7H,5-6,8-10H2,1-4H3. The molecule has 0 spiro atoms. The Morgan fingerprint density at radius 1 is 1.40 bits per heavy atom. The van der Waals surface area contributed by atoms with E-state index in [2.05, 4.69) is 30.7 Å². The molecule has 0 aliphatic carbocycles. The predicted molar refractivity (Wildman–Crippen MR) is 76.1 cm³/mol. The van der Waals surface area contributed by atoms with E-state index in [0.29, 0.717) is 19.7 Å². The summed E-state index contributed by atoms with van der Waals surface area (Å²) in [6.07, 6.45) is 2.77. The quantitative estimate of drug-likeness (QED) is 0.790. The van der Waals surface area contributed by atoms with Crippen LogP contribution >= 0.6 is 0 Å². The number of aromatic nitrogens is 2. The summed E-state index contributed by atoms with van der Waals surface area (Å²) in [7, 11) is 0. The minimum atomic E-state index is -0.0727. The van der Waals surface area contributed by atoms with E-state index >= 15 is 0 Å². The van der Waals surface area contributed by atoms with Gasteiger partial charge in [0, 0.05) is 30.3 Å². The molecule has 0 saturated carbocycles. The number of fused-ring (bicyclic) bond motifs is 1. The van der Waals surface area contributed by atoms with Gasteiger partial charge in [-0.1, -0.05) is 27.7 Å². The molecule has 1 aliphatic heterocycles. The van der Waals surface area contributed by atoms with Crippen LogP contribution in [0, 0.1) is 0 Å². The summed E-state index contributed by atoms with van der Waals surface area (Å²) in [5, 5.41) is 0. The smallest absolute Gasteiger partial charge is 0.249 e. The summed E-state index contributed by atoms with van der Waals surface area (Å²) in [4.78, 5) is 22.8. The van der Waals surface area contributed by atoms with Crippen LogP contribution in [0.3, 0.4) is 0 Å². The maximum absolute atomic E-state index is 12.0. The summed E-state index contributed by atoms with van der Waals surface area (Å²) in [5.74, 6) is 0.849. The number of carbonyl (C=O) groups excluding carboxylic acids is 1. The third-order valence-electron chi connectivity index (χ3n) is 3.25. The molecular weight excluding hydrogens is 254 g/mol. The number of rotatable bonds is 4. The molecule has 5 nitrogen and oxygen atoms in total. The van der Waals surface area contributed by atoms with Crippen LogP contribution in [0.2, 0.25) is 0 Å². The Morgan fingerprint density at radius 2 is 2.15 bits per heavy atom. The third kappa shape index (κ3) is 3.33. The highest BCUT2D eigenvalue weighted by molar-refractivity contribution is 5.78. The lowest BCUT2D eigenvalue weighted by Gasteiger charge is -2.16. The highest BCUT2D eigenvalue weighted by atomic mass is 16.5. The Bertz CT molecular complexity index is 494. The van der Waals surface area contributed by atoms with Crippen LogP contribution in [-0.2, 0) is 28.0 Å². The van der Waals surface area contributed by atoms with Gasteiger partial charge in [0.05, 0.1) is 12.2 Å². The monoisotopic (exact) mass is 277 g/mol. The zero-order valence-corrected chi connectivity index (χ0v) is 12.8. The van der Waals surface area contributed by atoms with Gasteiger partial charge in [-0.3, -0.25) is 4.79 Å². The number of hydrogen-bond donors (Lipinski definition) is 0. The fourth-order valence-corrected chi connectivity index (χ4v) is 2.09. The van der Waals surface area contributed by atoms with Crippen molar-refractivity contribution in [2.24, 2.45) is 0 Å². The van der Waals surface area contributed by atoms with Crippen molar-refractivity contribution in [3.63, 3.8) is 0 Å². The molecule has 5 heteroatoms. The van der Waals surface area contributed by atoms with Gasteiger partial charge in [-0.25, -0.2) is 9.97 Å². The molecule has 0 radical (unpaired) electrons. The fourth-order valence-electron chi connectivity index (χ4n) is 2.09. The number of hydrogen-bond acceptors (Lipinski definition) is 4. The van der Waals surface area contributed by atoms with E-state index in [1.165, 1.54) is 0 Å². The second-order valence-electron chi connectivity index (χ2n) is 6.22. The van der Waals surface area contributed by atoms with Crippen molar-refractivity contribution in [1.29, 1.82) is 0 Å². The highest BCUT2D eigenvalue weighted by Gasteiger charge is 2.27. The van der Waals surface area contributed by atoms with Crippen molar-refractivity contribution in [2.45, 2.75) is 52.6 Å². The van der Waals surface area contributed by atoms with Gasteiger partial charge in [0.25, 0.3) is 0 Å². The molecule has 0 saturated heterocycles. The number of nitrogens with zero attached hydrogens (tertiary/aromatic N) is 3. The molecule has 0 N–H and O–H groups in total. The van der Waals surface area contributed by atoms with E-state index in [-0.39, 0.29) is 17.9 Å². The number of carbonyl (C=O) groups is 1. The average Bonchev–Trinajstić information content (AvgIpc) is 2.80. The maximum atomic E-state index is 12.0. The summed E-state index contributed by atoms with van der Waals surface area (Å²) in [5.41, 5.74) is 1.94. The van der Waals surface area contributed by atoms with Crippen LogP contribution < -0.4 is 0 Å². The van der Waals surface area contributed by atoms with Crippen molar-refractivity contribution in [1.82, 2.24) is 14.9 Å². The van der Waals surface area contributed by atoms with Gasteiger partial charge in [-0.15, -0.1) is 0 Å². The Morgan fingerprint density at radius 3 is 2.80 bits per heavy atom. The molecule has 2 heterocycles. The lowest BCUT2D eigenvalue weighted by atomic mass is 9.95. The Balaban J connectivity index is 2.02. The normalized spacial score (nSPS) is 14.5. The number of ether oxygens (including phenoxy) is 1. The maximum Gasteiger partial charge on any atom is 0.249 e. The first-order valence-corrected chi connectivity index (χ1v) is 7.12. The second kappa shape index (κ2) is 5.87. The van der Waals surface area contributed by atoms with Gasteiger partial charge < -0.3 is 9.64 Å². The number of amides is 1. The highest BCUT2D eigenvalue weighted by Crippen LogP contribution is 2.24. The molecule has 0 aromatic carbocycles. The zero-order chi connectivity index (χ0) is 14.8. The molecule has 1 amide bonds. The van der Waals surface area contributed by atoms with Gasteiger partial charge in [0.1, 0.15) is 12.4 Å². The lowest BCUT2D eigenvalue weighted by Crippen LogP contribution is -2.29. The summed E-state index contributed by atoms with van der Waals surface area (Å²) >= 11 is 0. The largest absolute Gasteiger partial charge is 0.372 e. The van der Waals surface area contributed by atoms with Crippen LogP contribution in [0.15, 0.2) is 6.20 Å². The predicted octanol–water partition coefficient (Wildman–Crippen LogP) is 2.04. The van der Waals surface area contributed by atoms with Crippen LogP contribution in [0.5, 0.6) is 0 Å². The first-order valence-electron chi connectivity index (χ1n) is 7.12. The third-order valence-corrected chi connectivity index (χ3v) is 3.25. The van der Waals surface area contributed by atoms with Crippen molar-refractivity contribution < 1.29 is 9.53 Å². The molecule has 1 aromatic rings. The summed E-state index contributed by atoms with van der Waals surface area (Å²) < 4.78 is 5.31. The summed E-state index contributed by atoms with van der Waals surface area (Å²) in [6, 6.07) is 0. The van der Waals surface area contributed by atoms with Crippen LogP contribution in [0.4, 0.5) is 0 Å². The molecule has 0 unspecified atom stereocenters. The van der Waals surface area contributed by atoms with Crippen LogP contribution in [-0.4, -0.2) is 34.0 Å². The molecule has 2 rings (SSSR count). The second-order valence-corrected chi connectivity index (χ2v) is 6.22. The SMILES string of the molecule is CCCOCC(=O)N1Cc2cnc(C(C)(C)C)nc2C1. The lowest BCUT2D eigenvalue weighted by molar-refractivity contribution is -0.136. The van der Waals surface area contributed by atoms with Crippen molar-refractivity contribution in [3.8, 4) is 0 Å². The van der Waals surface area contributed by atoms with Crippen LogP contribution in [0.1, 0.15) is 51.2 Å².